The van der Waals surface area contributed by atoms with Crippen LogP contribution in [0.15, 0.2) is 58.3 Å². The minimum absolute atomic E-state index is 0.270. The first-order valence-corrected chi connectivity index (χ1v) is 9.25. The van der Waals surface area contributed by atoms with Crippen molar-refractivity contribution in [3.05, 3.63) is 70.1 Å². The van der Waals surface area contributed by atoms with Gasteiger partial charge in [-0.05, 0) is 36.8 Å². The Morgan fingerprint density at radius 3 is 2.59 bits per heavy atom. The van der Waals surface area contributed by atoms with E-state index in [2.05, 4.69) is 25.9 Å². The maximum absolute atomic E-state index is 12.0. The average molecular weight is 383 g/mol. The van der Waals surface area contributed by atoms with Gasteiger partial charge in [0, 0.05) is 30.4 Å². The molecule has 8 heteroatoms. The number of nitrogens with zero attached hydrogens (tertiary/aromatic N) is 2. The van der Waals surface area contributed by atoms with Gasteiger partial charge in [0.1, 0.15) is 5.01 Å². The Morgan fingerprint density at radius 1 is 1.19 bits per heavy atom. The Bertz CT molecular complexity index is 901. The van der Waals surface area contributed by atoms with Crippen LogP contribution in [-0.2, 0) is 13.1 Å². The van der Waals surface area contributed by atoms with Crippen molar-refractivity contribution in [3.63, 3.8) is 0 Å². The van der Waals surface area contributed by atoms with Crippen LogP contribution in [0.2, 0.25) is 0 Å². The molecule has 0 spiro atoms. The number of aliphatic imine (C=N–C) groups is 1. The van der Waals surface area contributed by atoms with Gasteiger partial charge < -0.3 is 20.4 Å². The van der Waals surface area contributed by atoms with Gasteiger partial charge >= 0.3 is 0 Å². The monoisotopic (exact) mass is 383 g/mol. The SMILES string of the molecule is CN=C(NCc1ccc(NC(=O)c2ccco2)cc1)NCc1ncc(C)s1. The number of aromatic nitrogens is 1. The van der Waals surface area contributed by atoms with Crippen LogP contribution in [0.25, 0.3) is 0 Å². The molecular formula is C19H21N5O2S. The molecule has 0 saturated carbocycles. The molecular weight excluding hydrogens is 362 g/mol. The highest BCUT2D eigenvalue weighted by atomic mass is 32.1. The van der Waals surface area contributed by atoms with E-state index in [0.29, 0.717) is 24.7 Å². The largest absolute Gasteiger partial charge is 0.459 e. The first-order valence-electron chi connectivity index (χ1n) is 8.43. The molecule has 0 radical (unpaired) electrons. The summed E-state index contributed by atoms with van der Waals surface area (Å²) in [5.74, 6) is 0.719. The number of amides is 1. The van der Waals surface area contributed by atoms with Crippen molar-refractivity contribution in [1.82, 2.24) is 15.6 Å². The molecule has 0 bridgehead atoms. The number of guanidine groups is 1. The summed E-state index contributed by atoms with van der Waals surface area (Å²) < 4.78 is 5.08. The summed E-state index contributed by atoms with van der Waals surface area (Å²) in [5, 5.41) is 10.3. The molecule has 27 heavy (non-hydrogen) atoms. The van der Waals surface area contributed by atoms with Gasteiger partial charge in [0.25, 0.3) is 5.91 Å². The number of carbonyl (C=O) groups excluding carboxylic acids is 1. The highest BCUT2D eigenvalue weighted by molar-refractivity contribution is 7.11. The zero-order valence-electron chi connectivity index (χ0n) is 15.2. The molecule has 2 heterocycles. The fourth-order valence-corrected chi connectivity index (χ4v) is 3.08. The molecule has 0 atom stereocenters. The number of benzene rings is 1. The van der Waals surface area contributed by atoms with E-state index in [1.54, 1.807) is 30.5 Å². The molecule has 3 rings (SSSR count). The summed E-state index contributed by atoms with van der Waals surface area (Å²) >= 11 is 1.66. The van der Waals surface area contributed by atoms with E-state index in [-0.39, 0.29) is 11.7 Å². The predicted molar refractivity (Wildman–Crippen MR) is 107 cm³/mol. The molecule has 3 aromatic rings. The lowest BCUT2D eigenvalue weighted by Gasteiger charge is -2.11. The first kappa shape index (κ1) is 18.7. The van der Waals surface area contributed by atoms with Gasteiger partial charge in [0.2, 0.25) is 0 Å². The molecule has 1 aromatic carbocycles. The maximum atomic E-state index is 12.0. The Hall–Kier alpha value is -3.13. The summed E-state index contributed by atoms with van der Waals surface area (Å²) in [6.45, 7) is 3.29. The highest BCUT2D eigenvalue weighted by Crippen LogP contribution is 2.12. The maximum Gasteiger partial charge on any atom is 0.291 e. The number of furan rings is 1. The van der Waals surface area contributed by atoms with Crippen LogP contribution in [0.5, 0.6) is 0 Å². The Morgan fingerprint density at radius 2 is 1.96 bits per heavy atom. The van der Waals surface area contributed by atoms with Crippen molar-refractivity contribution in [1.29, 1.82) is 0 Å². The molecule has 0 saturated heterocycles. The Kier molecular flexibility index (Phi) is 6.22. The molecule has 0 unspecified atom stereocenters. The highest BCUT2D eigenvalue weighted by Gasteiger charge is 2.08. The summed E-state index contributed by atoms with van der Waals surface area (Å²) in [5.41, 5.74) is 1.78. The first-order chi connectivity index (χ1) is 13.1. The van der Waals surface area contributed by atoms with Crippen molar-refractivity contribution in [2.75, 3.05) is 12.4 Å². The van der Waals surface area contributed by atoms with Gasteiger partial charge in [-0.3, -0.25) is 9.79 Å². The zero-order valence-corrected chi connectivity index (χ0v) is 16.0. The minimum atomic E-state index is -0.270. The number of hydrogen-bond donors (Lipinski definition) is 3. The fourth-order valence-electron chi connectivity index (χ4n) is 2.36. The second-order valence-electron chi connectivity index (χ2n) is 5.77. The van der Waals surface area contributed by atoms with E-state index in [1.165, 1.54) is 11.1 Å². The molecule has 7 nitrogen and oxygen atoms in total. The van der Waals surface area contributed by atoms with Crippen molar-refractivity contribution < 1.29 is 9.21 Å². The van der Waals surface area contributed by atoms with E-state index >= 15 is 0 Å². The third-order valence-electron chi connectivity index (χ3n) is 3.72. The third-order valence-corrected chi connectivity index (χ3v) is 4.63. The second kappa shape index (κ2) is 9.00. The number of aryl methyl sites for hydroxylation is 1. The van der Waals surface area contributed by atoms with Crippen molar-refractivity contribution in [3.8, 4) is 0 Å². The van der Waals surface area contributed by atoms with E-state index in [9.17, 15) is 4.79 Å². The van der Waals surface area contributed by atoms with Gasteiger partial charge in [-0.25, -0.2) is 4.98 Å². The number of thiazole rings is 1. The number of carbonyl (C=O) groups is 1. The van der Waals surface area contributed by atoms with E-state index in [4.69, 9.17) is 4.42 Å². The Labute approximate surface area is 161 Å². The second-order valence-corrected chi connectivity index (χ2v) is 7.09. The van der Waals surface area contributed by atoms with E-state index in [1.807, 2.05) is 37.4 Å². The molecule has 0 fully saturated rings. The smallest absolute Gasteiger partial charge is 0.291 e. The normalized spacial score (nSPS) is 11.3. The van der Waals surface area contributed by atoms with Crippen LogP contribution in [0.4, 0.5) is 5.69 Å². The number of hydrogen-bond acceptors (Lipinski definition) is 5. The predicted octanol–water partition coefficient (Wildman–Crippen LogP) is 3.16. The summed E-state index contributed by atoms with van der Waals surface area (Å²) in [4.78, 5) is 21.7. The van der Waals surface area contributed by atoms with Crippen molar-refractivity contribution >= 4 is 28.9 Å². The number of nitrogens with one attached hydrogen (secondary N) is 3. The molecule has 1 amide bonds. The average Bonchev–Trinajstić information content (AvgIpc) is 3.35. The topological polar surface area (TPSA) is 91.5 Å². The van der Waals surface area contributed by atoms with Crippen LogP contribution in [-0.4, -0.2) is 23.9 Å². The van der Waals surface area contributed by atoms with Gasteiger partial charge in [0.05, 0.1) is 12.8 Å². The molecule has 140 valence electrons. The molecule has 0 aliphatic rings. The van der Waals surface area contributed by atoms with Crippen molar-refractivity contribution in [2.45, 2.75) is 20.0 Å². The molecule has 2 aromatic heterocycles. The lowest BCUT2D eigenvalue weighted by atomic mass is 10.2. The standard InChI is InChI=1S/C19H21N5O2S/c1-13-10-21-17(27-13)12-23-19(20-2)22-11-14-5-7-15(8-6-14)24-18(25)16-4-3-9-26-16/h3-10H,11-12H2,1-2H3,(H,24,25)(H2,20,22,23). The zero-order chi connectivity index (χ0) is 19.1. The van der Waals surface area contributed by atoms with Gasteiger partial charge in [0.15, 0.2) is 11.7 Å². The van der Waals surface area contributed by atoms with Crippen LogP contribution in [0, 0.1) is 6.92 Å². The fraction of sp³-hybridized carbons (Fsp3) is 0.211. The summed E-state index contributed by atoms with van der Waals surface area (Å²) in [6.07, 6.45) is 3.34. The van der Waals surface area contributed by atoms with E-state index in [0.717, 1.165) is 10.6 Å². The van der Waals surface area contributed by atoms with Crippen LogP contribution < -0.4 is 16.0 Å². The lowest BCUT2D eigenvalue weighted by molar-refractivity contribution is 0.0996. The number of rotatable bonds is 6. The molecule has 0 aliphatic carbocycles. The van der Waals surface area contributed by atoms with Crippen LogP contribution in [0.3, 0.4) is 0 Å². The van der Waals surface area contributed by atoms with Crippen LogP contribution >= 0.6 is 11.3 Å². The summed E-state index contributed by atoms with van der Waals surface area (Å²) in [6, 6.07) is 10.9. The quantitative estimate of drug-likeness (QED) is 0.449. The minimum Gasteiger partial charge on any atom is -0.459 e. The van der Waals surface area contributed by atoms with Gasteiger partial charge in [-0.15, -0.1) is 11.3 Å². The Balaban J connectivity index is 1.48. The van der Waals surface area contributed by atoms with Crippen molar-refractivity contribution in [2.24, 2.45) is 4.99 Å². The molecule has 3 N–H and O–H groups in total. The lowest BCUT2D eigenvalue weighted by Crippen LogP contribution is -2.36. The summed E-state index contributed by atoms with van der Waals surface area (Å²) in [7, 11) is 1.73. The van der Waals surface area contributed by atoms with Gasteiger partial charge in [-0.2, -0.15) is 0 Å². The van der Waals surface area contributed by atoms with Gasteiger partial charge in [-0.1, -0.05) is 12.1 Å². The third kappa shape index (κ3) is 5.42. The number of anilines is 1. The van der Waals surface area contributed by atoms with E-state index < -0.39 is 0 Å². The van der Waals surface area contributed by atoms with Crippen LogP contribution in [0.1, 0.15) is 26.0 Å². The molecule has 0 aliphatic heterocycles.